The monoisotopic (exact) mass is 190 g/mol. The molecule has 0 saturated heterocycles. The molecule has 4 aliphatic rings. The van der Waals surface area contributed by atoms with Crippen molar-refractivity contribution in [2.24, 2.45) is 29.6 Å². The van der Waals surface area contributed by atoms with Crippen molar-refractivity contribution in [3.63, 3.8) is 0 Å². The van der Waals surface area contributed by atoms with Crippen LogP contribution in [0, 0.1) is 29.6 Å². The Kier molecular flexibility index (Phi) is 1.68. The molecule has 0 radical (unpaired) electrons. The molecule has 0 aromatic carbocycles. The Morgan fingerprint density at radius 1 is 1.29 bits per heavy atom. The highest BCUT2D eigenvalue weighted by atomic mass is 16.3. The molecule has 0 aromatic rings. The van der Waals surface area contributed by atoms with Crippen molar-refractivity contribution in [3.8, 4) is 0 Å². The third-order valence-corrected chi connectivity index (χ3v) is 4.07. The van der Waals surface area contributed by atoms with Gasteiger partial charge < -0.3 is 5.11 Å². The summed E-state index contributed by atoms with van der Waals surface area (Å²) in [6.45, 7) is 0.0214. The van der Waals surface area contributed by atoms with E-state index in [1.165, 1.54) is 0 Å². The van der Waals surface area contributed by atoms with Gasteiger partial charge in [0.05, 0.1) is 6.61 Å². The van der Waals surface area contributed by atoms with Gasteiger partial charge in [-0.05, 0) is 24.2 Å². The molecule has 14 heavy (non-hydrogen) atoms. The van der Waals surface area contributed by atoms with Gasteiger partial charge in [-0.25, -0.2) is 0 Å². The molecule has 4 rings (SSSR count). The Balaban J connectivity index is 2.02. The van der Waals surface area contributed by atoms with Crippen LogP contribution in [0.15, 0.2) is 24.3 Å². The Hall–Kier alpha value is -0.890. The van der Waals surface area contributed by atoms with E-state index >= 15 is 0 Å². The highest BCUT2D eigenvalue weighted by Gasteiger charge is 2.50. The fraction of sp³-hybridized carbons (Fsp3) is 0.583. The number of Topliss-reactive ketones (excluding diaryl/α,β-unsaturated/α-hetero) is 1. The molecule has 5 atom stereocenters. The third-order valence-electron chi connectivity index (χ3n) is 4.07. The summed E-state index contributed by atoms with van der Waals surface area (Å²) in [5.74, 6) is 1.50. The van der Waals surface area contributed by atoms with Crippen LogP contribution in [0.3, 0.4) is 0 Å². The van der Waals surface area contributed by atoms with Crippen molar-refractivity contribution < 1.29 is 9.90 Å². The average Bonchev–Trinajstić information content (AvgIpc) is 2.68. The van der Waals surface area contributed by atoms with Gasteiger partial charge in [0.25, 0.3) is 0 Å². The number of hydrogen-bond acceptors (Lipinski definition) is 2. The normalized spacial score (nSPS) is 48.6. The molecular formula is C12H14O2. The summed E-state index contributed by atoms with van der Waals surface area (Å²) in [4.78, 5) is 11.9. The van der Waals surface area contributed by atoms with Gasteiger partial charge >= 0.3 is 0 Å². The van der Waals surface area contributed by atoms with E-state index in [1.807, 2.05) is 0 Å². The second-order valence-corrected chi connectivity index (χ2v) is 4.58. The number of allylic oxidation sites excluding steroid dienone is 4. The molecule has 4 aliphatic carbocycles. The topological polar surface area (TPSA) is 37.3 Å². The summed E-state index contributed by atoms with van der Waals surface area (Å²) in [7, 11) is 0. The Bertz CT molecular complexity index is 329. The molecule has 0 aromatic heterocycles. The molecule has 1 unspecified atom stereocenters. The second-order valence-electron chi connectivity index (χ2n) is 4.58. The van der Waals surface area contributed by atoms with Gasteiger partial charge in [-0.3, -0.25) is 4.79 Å². The number of rotatable bonds is 1. The van der Waals surface area contributed by atoms with E-state index in [9.17, 15) is 9.90 Å². The van der Waals surface area contributed by atoms with E-state index in [0.29, 0.717) is 11.8 Å². The number of hydrogen-bond donors (Lipinski definition) is 1. The number of carbonyl (C=O) groups is 1. The van der Waals surface area contributed by atoms with Crippen LogP contribution in [0.25, 0.3) is 0 Å². The summed E-state index contributed by atoms with van der Waals surface area (Å²) in [6.07, 6.45) is 9.67. The first-order valence-corrected chi connectivity index (χ1v) is 5.32. The third kappa shape index (κ3) is 0.871. The standard InChI is InChI=1S/C12H14O2/c13-6-11-9-4-5-10(12(11)14)8-3-1-2-7(8)9/h1,3-5,7-11,13H,2,6H2/t7-,8+,9-,10+,11?/m0/s1. The van der Waals surface area contributed by atoms with Gasteiger partial charge in [0.1, 0.15) is 5.78 Å². The van der Waals surface area contributed by atoms with Crippen LogP contribution in [0.2, 0.25) is 0 Å². The Morgan fingerprint density at radius 2 is 2.14 bits per heavy atom. The molecule has 2 heteroatoms. The fourth-order valence-electron chi connectivity index (χ4n) is 3.38. The summed E-state index contributed by atoms with van der Waals surface area (Å²) in [5, 5.41) is 9.23. The van der Waals surface area contributed by atoms with Crippen LogP contribution < -0.4 is 0 Å². The van der Waals surface area contributed by atoms with Gasteiger partial charge in [0.2, 0.25) is 0 Å². The van der Waals surface area contributed by atoms with Crippen LogP contribution in [-0.2, 0) is 4.79 Å². The van der Waals surface area contributed by atoms with E-state index in [1.54, 1.807) is 0 Å². The molecule has 1 saturated carbocycles. The lowest BCUT2D eigenvalue weighted by Gasteiger charge is -2.44. The van der Waals surface area contributed by atoms with Crippen molar-refractivity contribution in [2.45, 2.75) is 6.42 Å². The molecule has 0 spiro atoms. The van der Waals surface area contributed by atoms with E-state index in [-0.39, 0.29) is 30.1 Å². The summed E-state index contributed by atoms with van der Waals surface area (Å²) >= 11 is 0. The van der Waals surface area contributed by atoms with Crippen LogP contribution in [-0.4, -0.2) is 17.5 Å². The van der Waals surface area contributed by atoms with E-state index < -0.39 is 0 Å². The number of fused-ring (bicyclic) bond motifs is 1. The van der Waals surface area contributed by atoms with Gasteiger partial charge in [-0.1, -0.05) is 24.3 Å². The highest BCUT2D eigenvalue weighted by Crippen LogP contribution is 2.50. The van der Waals surface area contributed by atoms with Gasteiger partial charge in [0.15, 0.2) is 0 Å². The lowest BCUT2D eigenvalue weighted by Crippen LogP contribution is -2.48. The molecule has 74 valence electrons. The Morgan fingerprint density at radius 3 is 2.93 bits per heavy atom. The minimum absolute atomic E-state index is 0.0214. The molecule has 0 amide bonds. The zero-order valence-corrected chi connectivity index (χ0v) is 7.97. The first-order valence-electron chi connectivity index (χ1n) is 5.32. The first kappa shape index (κ1) is 8.42. The van der Waals surface area contributed by atoms with Crippen molar-refractivity contribution in [3.05, 3.63) is 24.3 Å². The smallest absolute Gasteiger partial charge is 0.146 e. The largest absolute Gasteiger partial charge is 0.396 e. The van der Waals surface area contributed by atoms with Crippen molar-refractivity contribution in [1.82, 2.24) is 0 Å². The first-order chi connectivity index (χ1) is 6.83. The van der Waals surface area contributed by atoms with Crippen molar-refractivity contribution in [2.75, 3.05) is 6.61 Å². The quantitative estimate of drug-likeness (QED) is 0.630. The Labute approximate surface area is 83.3 Å². The maximum absolute atomic E-state index is 11.9. The molecule has 2 bridgehead atoms. The van der Waals surface area contributed by atoms with Crippen LogP contribution in [0.4, 0.5) is 0 Å². The van der Waals surface area contributed by atoms with Crippen molar-refractivity contribution in [1.29, 1.82) is 0 Å². The zero-order chi connectivity index (χ0) is 9.71. The molecule has 1 fully saturated rings. The molecule has 1 N–H and O–H groups in total. The van der Waals surface area contributed by atoms with Gasteiger partial charge in [0, 0.05) is 11.8 Å². The second kappa shape index (κ2) is 2.80. The van der Waals surface area contributed by atoms with E-state index in [4.69, 9.17) is 0 Å². The maximum Gasteiger partial charge on any atom is 0.146 e. The molecule has 2 nitrogen and oxygen atoms in total. The number of aliphatic hydroxyl groups excluding tert-OH is 1. The van der Waals surface area contributed by atoms with Crippen molar-refractivity contribution >= 4 is 5.78 Å². The number of ketones is 1. The van der Waals surface area contributed by atoms with E-state index in [2.05, 4.69) is 24.3 Å². The lowest BCUT2D eigenvalue weighted by molar-refractivity contribution is -0.135. The predicted molar refractivity (Wildman–Crippen MR) is 52.4 cm³/mol. The minimum atomic E-state index is -0.119. The molecular weight excluding hydrogens is 176 g/mol. The molecule has 0 heterocycles. The minimum Gasteiger partial charge on any atom is -0.396 e. The van der Waals surface area contributed by atoms with Gasteiger partial charge in [-0.15, -0.1) is 0 Å². The number of aliphatic hydroxyl groups is 1. The summed E-state index contributed by atoms with van der Waals surface area (Å²) in [5.41, 5.74) is 0. The van der Waals surface area contributed by atoms with Crippen LogP contribution >= 0.6 is 0 Å². The summed E-state index contributed by atoms with van der Waals surface area (Å²) < 4.78 is 0. The van der Waals surface area contributed by atoms with Gasteiger partial charge in [-0.2, -0.15) is 0 Å². The SMILES string of the molecule is O=C1C(CO)[C@H]2C=C[C@@H]1[C@@H]1C=CC[C@@H]12. The maximum atomic E-state index is 11.9. The highest BCUT2D eigenvalue weighted by molar-refractivity contribution is 5.88. The fourth-order valence-corrected chi connectivity index (χ4v) is 3.38. The number of carbonyl (C=O) groups excluding carboxylic acids is 1. The lowest BCUT2D eigenvalue weighted by atomic mass is 9.58. The zero-order valence-electron chi connectivity index (χ0n) is 7.97. The predicted octanol–water partition coefficient (Wildman–Crippen LogP) is 1.17. The molecule has 0 aliphatic heterocycles. The van der Waals surface area contributed by atoms with Crippen LogP contribution in [0.5, 0.6) is 0 Å². The van der Waals surface area contributed by atoms with E-state index in [0.717, 1.165) is 6.42 Å². The van der Waals surface area contributed by atoms with Crippen LogP contribution in [0.1, 0.15) is 6.42 Å². The summed E-state index contributed by atoms with van der Waals surface area (Å²) in [6, 6.07) is 0. The average molecular weight is 190 g/mol.